The van der Waals surface area contributed by atoms with E-state index in [-0.39, 0.29) is 4.99 Å². The predicted octanol–water partition coefficient (Wildman–Crippen LogP) is 1.12. The van der Waals surface area contributed by atoms with Crippen LogP contribution >= 0.6 is 24.0 Å². The maximum Gasteiger partial charge on any atom is 0.116 e. The Bertz CT molecular complexity index is 298. The molecule has 0 bridgehead atoms. The van der Waals surface area contributed by atoms with Crippen LogP contribution in [0.25, 0.3) is 0 Å². The van der Waals surface area contributed by atoms with E-state index in [2.05, 4.69) is 11.0 Å². The average Bonchev–Trinajstić information content (AvgIpc) is 2.19. The van der Waals surface area contributed by atoms with E-state index in [9.17, 15) is 0 Å². The fourth-order valence-corrected chi connectivity index (χ4v) is 2.47. The zero-order valence-corrected chi connectivity index (χ0v) is 9.75. The Morgan fingerprint density at radius 1 is 1.50 bits per heavy atom. The monoisotopic (exact) mass is 227 g/mol. The molecule has 1 heterocycles. The van der Waals surface area contributed by atoms with Crippen LogP contribution < -0.4 is 5.73 Å². The molecule has 0 atom stereocenters. The number of rotatable bonds is 2. The highest BCUT2D eigenvalue weighted by molar-refractivity contribution is 7.99. The summed E-state index contributed by atoms with van der Waals surface area (Å²) in [5.74, 6) is 2.21. The normalized spacial score (nSPS) is 18.4. The van der Waals surface area contributed by atoms with Crippen molar-refractivity contribution in [1.82, 2.24) is 4.90 Å². The van der Waals surface area contributed by atoms with Crippen LogP contribution in [0.3, 0.4) is 0 Å². The fourth-order valence-electron chi connectivity index (χ4n) is 1.37. The van der Waals surface area contributed by atoms with Gasteiger partial charge in [-0.3, -0.25) is 0 Å². The molecule has 0 saturated carbocycles. The Hall–Kier alpha value is -0.730. The molecule has 1 aliphatic heterocycles. The number of nitrogens with zero attached hydrogens (tertiary/aromatic N) is 2. The summed E-state index contributed by atoms with van der Waals surface area (Å²) < 4.78 is 0. The molecule has 1 fully saturated rings. The molecule has 2 N–H and O–H groups in total. The molecule has 5 heteroatoms. The van der Waals surface area contributed by atoms with Gasteiger partial charge in [0.25, 0.3) is 0 Å². The highest BCUT2D eigenvalue weighted by Gasteiger charge is 2.15. The van der Waals surface area contributed by atoms with E-state index in [0.717, 1.165) is 30.3 Å². The molecule has 3 nitrogen and oxygen atoms in total. The van der Waals surface area contributed by atoms with E-state index in [4.69, 9.17) is 23.2 Å². The summed E-state index contributed by atoms with van der Waals surface area (Å²) in [4.78, 5) is 2.37. The van der Waals surface area contributed by atoms with Crippen LogP contribution in [0.2, 0.25) is 0 Å². The Kier molecular flexibility index (Phi) is 4.23. The molecular weight excluding hydrogens is 214 g/mol. The van der Waals surface area contributed by atoms with Gasteiger partial charge in [0.2, 0.25) is 0 Å². The summed E-state index contributed by atoms with van der Waals surface area (Å²) in [5.41, 5.74) is 6.84. The van der Waals surface area contributed by atoms with Gasteiger partial charge in [-0.2, -0.15) is 17.0 Å². The molecule has 1 saturated heterocycles. The first kappa shape index (κ1) is 11.3. The number of thioether (sulfide) groups is 1. The van der Waals surface area contributed by atoms with Crippen molar-refractivity contribution in [1.29, 1.82) is 5.26 Å². The van der Waals surface area contributed by atoms with Crippen LogP contribution in [-0.2, 0) is 0 Å². The number of nitriles is 1. The Morgan fingerprint density at radius 2 is 2.07 bits per heavy atom. The second-order valence-corrected chi connectivity index (χ2v) is 4.70. The Labute approximate surface area is 93.9 Å². The SMILES string of the molecule is C/C(=C(/C#N)C(N)=S)N1CCSCC1. The van der Waals surface area contributed by atoms with Gasteiger partial charge in [0.15, 0.2) is 0 Å². The van der Waals surface area contributed by atoms with Crippen LogP contribution in [0.15, 0.2) is 11.3 Å². The molecule has 0 radical (unpaired) electrons. The molecular formula is C9H13N3S2. The van der Waals surface area contributed by atoms with Crippen molar-refractivity contribution < 1.29 is 0 Å². The third kappa shape index (κ3) is 2.63. The predicted molar refractivity (Wildman–Crippen MR) is 64.0 cm³/mol. The summed E-state index contributed by atoms with van der Waals surface area (Å²) in [6.45, 7) is 3.86. The lowest BCUT2D eigenvalue weighted by Crippen LogP contribution is -2.33. The topological polar surface area (TPSA) is 53.1 Å². The van der Waals surface area contributed by atoms with Gasteiger partial charge in [-0.15, -0.1) is 0 Å². The molecule has 76 valence electrons. The summed E-state index contributed by atoms with van der Waals surface area (Å²) in [6.07, 6.45) is 0. The third-order valence-corrected chi connectivity index (χ3v) is 3.35. The zero-order valence-electron chi connectivity index (χ0n) is 8.12. The summed E-state index contributed by atoms with van der Waals surface area (Å²) in [7, 11) is 0. The standard InChI is InChI=1S/C9H13N3S2/c1-7(8(6-10)9(11)13)12-2-4-14-5-3-12/h2-5H2,1H3,(H2,11,13)/b8-7+. The van der Waals surface area contributed by atoms with Crippen LogP contribution in [0.4, 0.5) is 0 Å². The average molecular weight is 227 g/mol. The minimum atomic E-state index is 0.197. The van der Waals surface area contributed by atoms with Gasteiger partial charge in [-0.1, -0.05) is 12.2 Å². The van der Waals surface area contributed by atoms with Crippen molar-refractivity contribution in [3.8, 4) is 6.07 Å². The number of hydrogen-bond donors (Lipinski definition) is 1. The lowest BCUT2D eigenvalue weighted by Gasteiger charge is -2.29. The molecule has 0 amide bonds. The molecule has 0 aromatic rings. The number of nitrogens with two attached hydrogens (primary N) is 1. The van der Waals surface area contributed by atoms with E-state index in [1.807, 2.05) is 18.7 Å². The highest BCUT2D eigenvalue weighted by Crippen LogP contribution is 2.16. The van der Waals surface area contributed by atoms with Crippen molar-refractivity contribution >= 4 is 29.0 Å². The molecule has 0 spiro atoms. The van der Waals surface area contributed by atoms with E-state index < -0.39 is 0 Å². The lowest BCUT2D eigenvalue weighted by atomic mass is 10.2. The van der Waals surface area contributed by atoms with Gasteiger partial charge >= 0.3 is 0 Å². The number of hydrogen-bond acceptors (Lipinski definition) is 4. The smallest absolute Gasteiger partial charge is 0.116 e. The molecule has 1 aliphatic rings. The van der Waals surface area contributed by atoms with Gasteiger partial charge in [0, 0.05) is 30.3 Å². The van der Waals surface area contributed by atoms with Crippen LogP contribution in [-0.4, -0.2) is 34.5 Å². The maximum atomic E-state index is 8.89. The van der Waals surface area contributed by atoms with Crippen molar-refractivity contribution in [3.63, 3.8) is 0 Å². The molecule has 0 aromatic heterocycles. The molecule has 0 aliphatic carbocycles. The Balaban J connectivity index is 2.83. The first-order chi connectivity index (χ1) is 6.66. The first-order valence-electron chi connectivity index (χ1n) is 4.40. The highest BCUT2D eigenvalue weighted by atomic mass is 32.2. The summed E-state index contributed by atoms with van der Waals surface area (Å²) in [5, 5.41) is 8.89. The van der Waals surface area contributed by atoms with E-state index in [1.54, 1.807) is 0 Å². The molecule has 0 aromatic carbocycles. The number of allylic oxidation sites excluding steroid dienone is 1. The van der Waals surface area contributed by atoms with E-state index in [0.29, 0.717) is 5.57 Å². The fraction of sp³-hybridized carbons (Fsp3) is 0.556. The van der Waals surface area contributed by atoms with E-state index in [1.165, 1.54) is 0 Å². The zero-order chi connectivity index (χ0) is 10.6. The quantitative estimate of drug-likeness (QED) is 0.435. The van der Waals surface area contributed by atoms with Crippen molar-refractivity contribution in [3.05, 3.63) is 11.3 Å². The van der Waals surface area contributed by atoms with Crippen molar-refractivity contribution in [2.45, 2.75) is 6.92 Å². The lowest BCUT2D eigenvalue weighted by molar-refractivity contribution is 0.380. The number of thiocarbonyl (C=S) groups is 1. The van der Waals surface area contributed by atoms with Gasteiger partial charge in [0.1, 0.15) is 16.6 Å². The van der Waals surface area contributed by atoms with Gasteiger partial charge in [-0.05, 0) is 6.92 Å². The largest absolute Gasteiger partial charge is 0.389 e. The summed E-state index contributed by atoms with van der Waals surface area (Å²) >= 11 is 6.76. The Morgan fingerprint density at radius 3 is 2.50 bits per heavy atom. The van der Waals surface area contributed by atoms with E-state index >= 15 is 0 Å². The minimum absolute atomic E-state index is 0.197. The van der Waals surface area contributed by atoms with Crippen molar-refractivity contribution in [2.75, 3.05) is 24.6 Å². The second kappa shape index (κ2) is 5.23. The van der Waals surface area contributed by atoms with Crippen LogP contribution in [0, 0.1) is 11.3 Å². The molecule has 1 rings (SSSR count). The van der Waals surface area contributed by atoms with Crippen molar-refractivity contribution in [2.24, 2.45) is 5.73 Å². The van der Waals surface area contributed by atoms with Gasteiger partial charge < -0.3 is 10.6 Å². The maximum absolute atomic E-state index is 8.89. The molecule has 0 unspecified atom stereocenters. The first-order valence-corrected chi connectivity index (χ1v) is 5.96. The molecule has 14 heavy (non-hydrogen) atoms. The minimum Gasteiger partial charge on any atom is -0.389 e. The van der Waals surface area contributed by atoms with Gasteiger partial charge in [0.05, 0.1) is 0 Å². The van der Waals surface area contributed by atoms with Gasteiger partial charge in [-0.25, -0.2) is 0 Å². The van der Waals surface area contributed by atoms with Crippen LogP contribution in [0.5, 0.6) is 0 Å². The summed E-state index contributed by atoms with van der Waals surface area (Å²) in [6, 6.07) is 2.06. The third-order valence-electron chi connectivity index (χ3n) is 2.21. The second-order valence-electron chi connectivity index (χ2n) is 3.04. The van der Waals surface area contributed by atoms with Crippen LogP contribution in [0.1, 0.15) is 6.92 Å².